The minimum atomic E-state index is -0.347. The molecule has 0 N–H and O–H groups in total. The Balaban J connectivity index is 2.06. The maximum Gasteiger partial charge on any atom is 0.308 e. The summed E-state index contributed by atoms with van der Waals surface area (Å²) in [5.41, 5.74) is 1.36. The molecule has 18 heavy (non-hydrogen) atoms. The average Bonchev–Trinajstić information content (AvgIpc) is 2.74. The summed E-state index contributed by atoms with van der Waals surface area (Å²) in [6.07, 6.45) is 3.38. The van der Waals surface area contributed by atoms with Crippen LogP contribution in [0.1, 0.15) is 6.92 Å². The number of hydrogen-bond donors (Lipinski definition) is 0. The number of carbonyl (C=O) groups is 1. The van der Waals surface area contributed by atoms with Gasteiger partial charge in [-0.05, 0) is 24.3 Å². The molecule has 2 aromatic rings. The van der Waals surface area contributed by atoms with Crippen molar-refractivity contribution in [2.45, 2.75) is 6.92 Å². The van der Waals surface area contributed by atoms with Gasteiger partial charge in [0.05, 0.1) is 18.1 Å². The minimum absolute atomic E-state index is 0.347. The van der Waals surface area contributed by atoms with Crippen LogP contribution in [0.4, 0.5) is 11.4 Å². The molecule has 0 amide bonds. The van der Waals surface area contributed by atoms with Gasteiger partial charge in [0, 0.05) is 14.0 Å². The van der Waals surface area contributed by atoms with Gasteiger partial charge >= 0.3 is 5.97 Å². The van der Waals surface area contributed by atoms with Crippen molar-refractivity contribution in [1.29, 1.82) is 0 Å². The highest BCUT2D eigenvalue weighted by Crippen LogP contribution is 2.20. The highest BCUT2D eigenvalue weighted by atomic mass is 16.5. The summed E-state index contributed by atoms with van der Waals surface area (Å²) < 4.78 is 6.56. The number of azo groups is 1. The molecule has 0 saturated carbocycles. The van der Waals surface area contributed by atoms with Gasteiger partial charge in [0.2, 0.25) is 0 Å². The molecule has 0 atom stereocenters. The molecule has 2 rings (SSSR count). The monoisotopic (exact) mass is 244 g/mol. The van der Waals surface area contributed by atoms with E-state index in [0.29, 0.717) is 17.1 Å². The topological polar surface area (TPSA) is 68.8 Å². The molecule has 1 aromatic heterocycles. The molecule has 0 radical (unpaired) electrons. The molecule has 6 nitrogen and oxygen atoms in total. The first-order valence-electron chi connectivity index (χ1n) is 5.32. The van der Waals surface area contributed by atoms with Crippen LogP contribution in [0, 0.1) is 0 Å². The maximum atomic E-state index is 10.7. The van der Waals surface area contributed by atoms with Crippen molar-refractivity contribution in [2.75, 3.05) is 0 Å². The Bertz CT molecular complexity index is 572. The fraction of sp³-hybridized carbons (Fsp3) is 0.167. The van der Waals surface area contributed by atoms with Crippen molar-refractivity contribution in [1.82, 2.24) is 9.78 Å². The van der Waals surface area contributed by atoms with Crippen LogP contribution in [0.2, 0.25) is 0 Å². The highest BCUT2D eigenvalue weighted by molar-refractivity contribution is 5.69. The van der Waals surface area contributed by atoms with Gasteiger partial charge in [-0.2, -0.15) is 10.2 Å². The zero-order valence-corrected chi connectivity index (χ0v) is 10.1. The first-order valence-corrected chi connectivity index (χ1v) is 5.32. The maximum absolute atomic E-state index is 10.7. The van der Waals surface area contributed by atoms with Crippen LogP contribution in [0.3, 0.4) is 0 Å². The molecule has 0 saturated heterocycles. The first-order chi connectivity index (χ1) is 8.63. The van der Waals surface area contributed by atoms with Crippen molar-refractivity contribution in [3.63, 3.8) is 0 Å². The SMILES string of the molecule is CC(=O)Oc1ccc(N=Nc2cnn(C)c2)cc1. The Morgan fingerprint density at radius 3 is 2.44 bits per heavy atom. The van der Waals surface area contributed by atoms with Gasteiger partial charge in [0.1, 0.15) is 11.4 Å². The normalized spacial score (nSPS) is 10.8. The summed E-state index contributed by atoms with van der Waals surface area (Å²) >= 11 is 0. The third kappa shape index (κ3) is 3.24. The van der Waals surface area contributed by atoms with E-state index in [1.807, 2.05) is 7.05 Å². The number of rotatable bonds is 3. The molecule has 0 spiro atoms. The standard InChI is InChI=1S/C12H12N4O2/c1-9(17)18-12-5-3-10(4-6-12)14-15-11-7-13-16(2)8-11/h3-8H,1-2H3. The van der Waals surface area contributed by atoms with Gasteiger partial charge in [-0.15, -0.1) is 5.11 Å². The number of aromatic nitrogens is 2. The highest BCUT2D eigenvalue weighted by Gasteiger charge is 1.98. The predicted octanol–water partition coefficient (Wildman–Crippen LogP) is 2.76. The average molecular weight is 244 g/mol. The lowest BCUT2D eigenvalue weighted by molar-refractivity contribution is -0.131. The Morgan fingerprint density at radius 2 is 1.89 bits per heavy atom. The number of hydrogen-bond acceptors (Lipinski definition) is 5. The van der Waals surface area contributed by atoms with E-state index in [0.717, 1.165) is 0 Å². The van der Waals surface area contributed by atoms with Crippen LogP contribution < -0.4 is 4.74 Å². The summed E-state index contributed by atoms with van der Waals surface area (Å²) in [7, 11) is 1.81. The van der Waals surface area contributed by atoms with Gasteiger partial charge in [-0.3, -0.25) is 9.48 Å². The summed E-state index contributed by atoms with van der Waals surface area (Å²) in [6.45, 7) is 1.36. The Labute approximate surface area is 104 Å². The minimum Gasteiger partial charge on any atom is -0.427 e. The van der Waals surface area contributed by atoms with E-state index in [-0.39, 0.29) is 5.97 Å². The fourth-order valence-electron chi connectivity index (χ4n) is 1.32. The van der Waals surface area contributed by atoms with Gasteiger partial charge in [0.15, 0.2) is 0 Å². The van der Waals surface area contributed by atoms with Crippen LogP contribution >= 0.6 is 0 Å². The van der Waals surface area contributed by atoms with Crippen molar-refractivity contribution >= 4 is 17.3 Å². The number of ether oxygens (including phenoxy) is 1. The first kappa shape index (κ1) is 12.0. The molecule has 1 aromatic carbocycles. The molecule has 6 heteroatoms. The second kappa shape index (κ2) is 5.22. The van der Waals surface area contributed by atoms with Crippen molar-refractivity contribution in [3.8, 4) is 5.75 Å². The molecular formula is C12H12N4O2. The Morgan fingerprint density at radius 1 is 1.22 bits per heavy atom. The number of esters is 1. The van der Waals surface area contributed by atoms with E-state index in [1.54, 1.807) is 41.3 Å². The summed E-state index contributed by atoms with van der Waals surface area (Å²) in [5.74, 6) is 0.141. The van der Waals surface area contributed by atoms with Crippen LogP contribution in [0.15, 0.2) is 46.9 Å². The molecule has 92 valence electrons. The number of benzene rings is 1. The lowest BCUT2D eigenvalue weighted by Crippen LogP contribution is -2.00. The van der Waals surface area contributed by atoms with Gasteiger partial charge < -0.3 is 4.74 Å². The Hall–Kier alpha value is -2.50. The Kier molecular flexibility index (Phi) is 3.47. The number of nitrogens with zero attached hydrogens (tertiary/aromatic N) is 4. The lowest BCUT2D eigenvalue weighted by Gasteiger charge is -1.99. The summed E-state index contributed by atoms with van der Waals surface area (Å²) in [4.78, 5) is 10.7. The quantitative estimate of drug-likeness (QED) is 0.473. The third-order valence-corrected chi connectivity index (χ3v) is 2.07. The number of aryl methyl sites for hydroxylation is 1. The van der Waals surface area contributed by atoms with Crippen LogP contribution in [-0.2, 0) is 11.8 Å². The van der Waals surface area contributed by atoms with E-state index in [9.17, 15) is 4.79 Å². The zero-order chi connectivity index (χ0) is 13.0. The van der Waals surface area contributed by atoms with E-state index in [4.69, 9.17) is 4.74 Å². The summed E-state index contributed by atoms with van der Waals surface area (Å²) in [6, 6.07) is 6.77. The molecule has 0 bridgehead atoms. The second-order valence-electron chi connectivity index (χ2n) is 3.66. The molecule has 0 aliphatic rings. The smallest absolute Gasteiger partial charge is 0.308 e. The molecule has 1 heterocycles. The van der Waals surface area contributed by atoms with E-state index in [2.05, 4.69) is 15.3 Å². The summed E-state index contributed by atoms with van der Waals surface area (Å²) in [5, 5.41) is 12.0. The van der Waals surface area contributed by atoms with E-state index >= 15 is 0 Å². The van der Waals surface area contributed by atoms with Crippen LogP contribution in [0.5, 0.6) is 5.75 Å². The molecule has 0 fully saturated rings. The van der Waals surface area contributed by atoms with Crippen LogP contribution in [0.25, 0.3) is 0 Å². The van der Waals surface area contributed by atoms with Crippen molar-refractivity contribution < 1.29 is 9.53 Å². The molecule has 0 unspecified atom stereocenters. The molecule has 0 aliphatic heterocycles. The van der Waals surface area contributed by atoms with Gasteiger partial charge in [-0.25, -0.2) is 0 Å². The van der Waals surface area contributed by atoms with E-state index < -0.39 is 0 Å². The second-order valence-corrected chi connectivity index (χ2v) is 3.66. The predicted molar refractivity (Wildman–Crippen MR) is 65.1 cm³/mol. The zero-order valence-electron chi connectivity index (χ0n) is 10.1. The number of carbonyl (C=O) groups excluding carboxylic acids is 1. The molecular weight excluding hydrogens is 232 g/mol. The molecule has 0 aliphatic carbocycles. The fourth-order valence-corrected chi connectivity index (χ4v) is 1.32. The van der Waals surface area contributed by atoms with Crippen LogP contribution in [-0.4, -0.2) is 15.7 Å². The van der Waals surface area contributed by atoms with Gasteiger partial charge in [-0.1, -0.05) is 0 Å². The van der Waals surface area contributed by atoms with Gasteiger partial charge in [0.25, 0.3) is 0 Å². The largest absolute Gasteiger partial charge is 0.427 e. The lowest BCUT2D eigenvalue weighted by atomic mass is 10.3. The van der Waals surface area contributed by atoms with Crippen molar-refractivity contribution in [3.05, 3.63) is 36.7 Å². The van der Waals surface area contributed by atoms with Crippen molar-refractivity contribution in [2.24, 2.45) is 17.3 Å². The van der Waals surface area contributed by atoms with E-state index in [1.165, 1.54) is 6.92 Å². The third-order valence-electron chi connectivity index (χ3n) is 2.07.